The number of anilines is 1. The van der Waals surface area contributed by atoms with E-state index in [1.807, 2.05) is 54.6 Å². The molecule has 8 heteroatoms. The summed E-state index contributed by atoms with van der Waals surface area (Å²) in [6.07, 6.45) is 1.06. The molecule has 1 unspecified atom stereocenters. The zero-order valence-corrected chi connectivity index (χ0v) is 21.0. The number of amides is 4. The Labute approximate surface area is 220 Å². The normalized spacial score (nSPS) is 18.6. The number of H-pyrrole nitrogens is 1. The average molecular weight is 509 g/mol. The van der Waals surface area contributed by atoms with Crippen molar-refractivity contribution in [1.82, 2.24) is 15.2 Å². The number of methoxy groups -OCH3 is 1. The molecule has 0 aliphatic carbocycles. The van der Waals surface area contributed by atoms with Gasteiger partial charge in [0.25, 0.3) is 11.8 Å². The van der Waals surface area contributed by atoms with Crippen molar-refractivity contribution in [2.75, 3.05) is 25.2 Å². The fraction of sp³-hybridized carbons (Fsp3) is 0.233. The lowest BCUT2D eigenvalue weighted by atomic mass is 9.89. The summed E-state index contributed by atoms with van der Waals surface area (Å²) in [5.74, 6) is -0.663. The molecule has 3 heterocycles. The number of hydrogen-bond donors (Lipinski definition) is 2. The monoisotopic (exact) mass is 508 g/mol. The van der Waals surface area contributed by atoms with Crippen LogP contribution in [0, 0.1) is 0 Å². The van der Waals surface area contributed by atoms with Crippen molar-refractivity contribution in [3.63, 3.8) is 0 Å². The van der Waals surface area contributed by atoms with Crippen molar-refractivity contribution in [1.29, 1.82) is 0 Å². The Morgan fingerprint density at radius 1 is 1.00 bits per heavy atom. The number of ether oxygens (including phenoxy) is 1. The summed E-state index contributed by atoms with van der Waals surface area (Å²) in [6.45, 7) is 0.951. The molecule has 4 aromatic rings. The fourth-order valence-electron chi connectivity index (χ4n) is 5.65. The minimum Gasteiger partial charge on any atom is -0.385 e. The predicted octanol–water partition coefficient (Wildman–Crippen LogP) is 4.42. The molecule has 6 rings (SSSR count). The van der Waals surface area contributed by atoms with Crippen LogP contribution in [-0.4, -0.2) is 54.0 Å². The number of aromatic nitrogens is 1. The SMILES string of the molecule is COCCCNC(=O)c1ccccc1N1C(=O)[C@@H]2Cc3c([nH]c4ccccc34)C(c3ccccc3)N2C1=O. The number of imide groups is 1. The van der Waals surface area contributed by atoms with Crippen LogP contribution >= 0.6 is 0 Å². The first-order valence-corrected chi connectivity index (χ1v) is 12.8. The number of benzene rings is 3. The molecule has 0 spiro atoms. The highest BCUT2D eigenvalue weighted by atomic mass is 16.5. The van der Waals surface area contributed by atoms with E-state index in [2.05, 4.69) is 10.3 Å². The second kappa shape index (κ2) is 9.79. The largest absolute Gasteiger partial charge is 0.385 e. The van der Waals surface area contributed by atoms with Crippen LogP contribution in [0.4, 0.5) is 10.5 Å². The van der Waals surface area contributed by atoms with Gasteiger partial charge in [-0.05, 0) is 35.7 Å². The van der Waals surface area contributed by atoms with Crippen LogP contribution in [0.2, 0.25) is 0 Å². The quantitative estimate of drug-likeness (QED) is 0.286. The number of nitrogens with one attached hydrogen (secondary N) is 2. The second-order valence-electron chi connectivity index (χ2n) is 9.58. The zero-order chi connectivity index (χ0) is 26.2. The molecule has 4 amide bonds. The van der Waals surface area contributed by atoms with Gasteiger partial charge in [0.15, 0.2) is 0 Å². The number of nitrogens with zero attached hydrogens (tertiary/aromatic N) is 2. The van der Waals surface area contributed by atoms with E-state index in [1.165, 1.54) is 4.90 Å². The van der Waals surface area contributed by atoms with Gasteiger partial charge in [-0.3, -0.25) is 14.5 Å². The van der Waals surface area contributed by atoms with Crippen molar-refractivity contribution >= 4 is 34.4 Å². The third-order valence-electron chi connectivity index (χ3n) is 7.36. The van der Waals surface area contributed by atoms with Gasteiger partial charge in [-0.25, -0.2) is 9.69 Å². The molecule has 3 aromatic carbocycles. The van der Waals surface area contributed by atoms with Crippen LogP contribution in [0.5, 0.6) is 0 Å². The van der Waals surface area contributed by atoms with E-state index >= 15 is 0 Å². The molecule has 38 heavy (non-hydrogen) atoms. The molecule has 192 valence electrons. The smallest absolute Gasteiger partial charge is 0.332 e. The molecular weight excluding hydrogens is 480 g/mol. The number of rotatable bonds is 7. The molecular formula is C30H28N4O4. The Balaban J connectivity index is 1.41. The van der Waals surface area contributed by atoms with Gasteiger partial charge in [0, 0.05) is 43.3 Å². The van der Waals surface area contributed by atoms with E-state index < -0.39 is 18.1 Å². The third-order valence-corrected chi connectivity index (χ3v) is 7.36. The minimum absolute atomic E-state index is 0.284. The van der Waals surface area contributed by atoms with Gasteiger partial charge in [-0.2, -0.15) is 0 Å². The molecule has 2 N–H and O–H groups in total. The zero-order valence-electron chi connectivity index (χ0n) is 21.0. The molecule has 0 saturated carbocycles. The lowest BCUT2D eigenvalue weighted by Crippen LogP contribution is -2.44. The first-order valence-electron chi connectivity index (χ1n) is 12.8. The van der Waals surface area contributed by atoms with Crippen molar-refractivity contribution in [2.45, 2.75) is 24.9 Å². The Hall–Kier alpha value is -4.43. The van der Waals surface area contributed by atoms with Crippen LogP contribution in [0.15, 0.2) is 78.9 Å². The number of carbonyl (C=O) groups excluding carboxylic acids is 3. The fourth-order valence-corrected chi connectivity index (χ4v) is 5.65. The highest BCUT2D eigenvalue weighted by Crippen LogP contribution is 2.45. The molecule has 2 atom stereocenters. The van der Waals surface area contributed by atoms with Crippen LogP contribution in [-0.2, 0) is 16.0 Å². The second-order valence-corrected chi connectivity index (χ2v) is 9.58. The highest BCUT2D eigenvalue weighted by molar-refractivity contribution is 6.24. The van der Waals surface area contributed by atoms with E-state index in [-0.39, 0.29) is 17.4 Å². The average Bonchev–Trinajstić information content (AvgIpc) is 3.44. The van der Waals surface area contributed by atoms with E-state index in [9.17, 15) is 14.4 Å². The number of fused-ring (bicyclic) bond motifs is 4. The maximum Gasteiger partial charge on any atom is 0.332 e. The first-order chi connectivity index (χ1) is 18.6. The molecule has 1 saturated heterocycles. The van der Waals surface area contributed by atoms with E-state index in [1.54, 1.807) is 36.3 Å². The molecule has 1 fully saturated rings. The Morgan fingerprint density at radius 3 is 2.55 bits per heavy atom. The molecule has 1 aromatic heterocycles. The number of urea groups is 1. The molecule has 2 aliphatic rings. The van der Waals surface area contributed by atoms with Crippen LogP contribution in [0.3, 0.4) is 0 Å². The standard InChI is InChI=1S/C30H28N4O4/c1-38-17-9-16-31-28(35)21-13-6-8-15-24(21)34-29(36)25-18-22-20-12-5-7-14-23(20)32-26(22)27(33(25)30(34)37)19-10-3-2-4-11-19/h2-8,10-15,25,27,32H,9,16-18H2,1H3,(H,31,35)/t25-,27?/m0/s1. The van der Waals surface area contributed by atoms with Crippen molar-refractivity contribution in [3.8, 4) is 0 Å². The third kappa shape index (κ3) is 3.85. The highest BCUT2D eigenvalue weighted by Gasteiger charge is 2.53. The summed E-state index contributed by atoms with van der Waals surface area (Å²) in [5, 5.41) is 3.92. The summed E-state index contributed by atoms with van der Waals surface area (Å²) < 4.78 is 5.05. The van der Waals surface area contributed by atoms with Crippen molar-refractivity contribution in [3.05, 3.63) is 101 Å². The van der Waals surface area contributed by atoms with Crippen molar-refractivity contribution in [2.24, 2.45) is 0 Å². The first kappa shape index (κ1) is 23.9. The van der Waals surface area contributed by atoms with Gasteiger partial charge in [-0.1, -0.05) is 60.7 Å². The Morgan fingerprint density at radius 2 is 1.74 bits per heavy atom. The molecule has 0 bridgehead atoms. The van der Waals surface area contributed by atoms with E-state index in [0.717, 1.165) is 27.7 Å². The minimum atomic E-state index is -0.683. The topological polar surface area (TPSA) is 94.7 Å². The summed E-state index contributed by atoms with van der Waals surface area (Å²) >= 11 is 0. The lowest BCUT2D eigenvalue weighted by Gasteiger charge is -2.36. The van der Waals surface area contributed by atoms with E-state index in [0.29, 0.717) is 31.7 Å². The Bertz CT molecular complexity index is 1530. The number of hydrogen-bond acceptors (Lipinski definition) is 4. The van der Waals surface area contributed by atoms with E-state index in [4.69, 9.17) is 4.74 Å². The summed E-state index contributed by atoms with van der Waals surface area (Å²) in [7, 11) is 1.61. The number of aromatic amines is 1. The van der Waals surface area contributed by atoms with Crippen LogP contribution < -0.4 is 10.2 Å². The summed E-state index contributed by atoms with van der Waals surface area (Å²) in [5.41, 5.74) is 4.43. The predicted molar refractivity (Wildman–Crippen MR) is 144 cm³/mol. The maximum absolute atomic E-state index is 14.1. The van der Waals surface area contributed by atoms with Gasteiger partial charge in [0.2, 0.25) is 0 Å². The number of carbonyl (C=O) groups is 3. The maximum atomic E-state index is 14.1. The summed E-state index contributed by atoms with van der Waals surface area (Å²) in [4.78, 5) is 47.5. The van der Waals surface area contributed by atoms with Crippen LogP contribution in [0.25, 0.3) is 10.9 Å². The van der Waals surface area contributed by atoms with Gasteiger partial charge in [0.05, 0.1) is 11.3 Å². The van der Waals surface area contributed by atoms with Crippen LogP contribution in [0.1, 0.15) is 39.6 Å². The van der Waals surface area contributed by atoms with Gasteiger partial charge in [-0.15, -0.1) is 0 Å². The number of para-hydroxylation sites is 2. The molecule has 2 aliphatic heterocycles. The van der Waals surface area contributed by atoms with Gasteiger partial charge >= 0.3 is 6.03 Å². The summed E-state index contributed by atoms with van der Waals surface area (Å²) in [6, 6.07) is 23.0. The lowest BCUT2D eigenvalue weighted by molar-refractivity contribution is -0.120. The van der Waals surface area contributed by atoms with Gasteiger partial charge in [0.1, 0.15) is 12.1 Å². The van der Waals surface area contributed by atoms with Crippen molar-refractivity contribution < 1.29 is 19.1 Å². The molecule has 0 radical (unpaired) electrons. The Kier molecular flexibility index (Phi) is 6.17. The molecule has 8 nitrogen and oxygen atoms in total. The van der Waals surface area contributed by atoms with Gasteiger partial charge < -0.3 is 15.0 Å².